The number of quaternary nitrogens is 1. The van der Waals surface area contributed by atoms with Crippen LogP contribution in [0.4, 0.5) is 5.69 Å². The van der Waals surface area contributed by atoms with E-state index >= 15 is 0 Å². The first kappa shape index (κ1) is 21.4. The minimum absolute atomic E-state index is 0.0312. The van der Waals surface area contributed by atoms with Gasteiger partial charge in [0, 0.05) is 16.8 Å². The Kier molecular flexibility index (Phi) is 7.58. The van der Waals surface area contributed by atoms with Crippen LogP contribution in [0.25, 0.3) is 0 Å². The Bertz CT molecular complexity index is 835. The van der Waals surface area contributed by atoms with Crippen molar-refractivity contribution < 1.29 is 24.0 Å². The lowest BCUT2D eigenvalue weighted by atomic mass is 10.1. The summed E-state index contributed by atoms with van der Waals surface area (Å²) in [7, 11) is 3.59. The number of anilines is 1. The zero-order valence-electron chi connectivity index (χ0n) is 17.2. The fourth-order valence-corrected chi connectivity index (χ4v) is 2.86. The van der Waals surface area contributed by atoms with Crippen LogP contribution in [0.1, 0.15) is 36.7 Å². The van der Waals surface area contributed by atoms with Gasteiger partial charge in [0.05, 0.1) is 20.8 Å². The van der Waals surface area contributed by atoms with Crippen LogP contribution in [0.2, 0.25) is 0 Å². The van der Waals surface area contributed by atoms with Crippen molar-refractivity contribution >= 4 is 17.4 Å². The van der Waals surface area contributed by atoms with Gasteiger partial charge in [-0.1, -0.05) is 12.1 Å². The maximum atomic E-state index is 12.6. The molecule has 0 aliphatic carbocycles. The third-order valence-electron chi connectivity index (χ3n) is 4.68. The quantitative estimate of drug-likeness (QED) is 0.650. The minimum Gasteiger partial charge on any atom is -0.493 e. The van der Waals surface area contributed by atoms with Gasteiger partial charge in [-0.3, -0.25) is 9.59 Å². The van der Waals surface area contributed by atoms with Gasteiger partial charge in [-0.25, -0.2) is 0 Å². The Balaban J connectivity index is 2.03. The summed E-state index contributed by atoms with van der Waals surface area (Å²) in [6.07, 6.45) is 0. The van der Waals surface area contributed by atoms with E-state index in [9.17, 15) is 9.59 Å². The SMILES string of the molecule is CCOc1ccc(C[NH+](C)[C@H](C)C(=O)Nc2cccc(C(C)=O)c2)cc1OC. The molecule has 2 atom stereocenters. The molecule has 0 fully saturated rings. The zero-order valence-corrected chi connectivity index (χ0v) is 17.2. The summed E-state index contributed by atoms with van der Waals surface area (Å²) in [5.74, 6) is 1.26. The van der Waals surface area contributed by atoms with Gasteiger partial charge in [0.15, 0.2) is 23.3 Å². The number of rotatable bonds is 9. The number of nitrogens with one attached hydrogen (secondary N) is 2. The summed E-state index contributed by atoms with van der Waals surface area (Å²) in [6, 6.07) is 12.5. The molecule has 1 unspecified atom stereocenters. The van der Waals surface area contributed by atoms with Crippen molar-refractivity contribution in [3.63, 3.8) is 0 Å². The second kappa shape index (κ2) is 9.90. The van der Waals surface area contributed by atoms with Crippen LogP contribution in [-0.4, -0.2) is 38.5 Å². The summed E-state index contributed by atoms with van der Waals surface area (Å²) >= 11 is 0. The molecule has 6 heteroatoms. The molecule has 0 saturated heterocycles. The lowest BCUT2D eigenvalue weighted by molar-refractivity contribution is -0.907. The van der Waals surface area contributed by atoms with E-state index in [2.05, 4.69) is 5.32 Å². The first-order valence-electron chi connectivity index (χ1n) is 9.39. The number of hydrogen-bond donors (Lipinski definition) is 2. The van der Waals surface area contributed by atoms with Crippen LogP contribution < -0.4 is 19.7 Å². The van der Waals surface area contributed by atoms with E-state index < -0.39 is 0 Å². The number of carbonyl (C=O) groups excluding carboxylic acids is 2. The van der Waals surface area contributed by atoms with E-state index in [1.54, 1.807) is 31.4 Å². The standard InChI is InChI=1S/C22H28N2O4/c1-6-28-20-11-10-17(12-21(20)27-5)14-24(4)15(2)22(26)23-19-9-7-8-18(13-19)16(3)25/h7-13,15H,6,14H2,1-5H3,(H,23,26)/p+1/t15-/m1/s1. The highest BCUT2D eigenvalue weighted by Crippen LogP contribution is 2.27. The second-order valence-electron chi connectivity index (χ2n) is 6.79. The molecule has 2 N–H and O–H groups in total. The molecule has 150 valence electrons. The van der Waals surface area contributed by atoms with Crippen molar-refractivity contribution in [2.24, 2.45) is 0 Å². The smallest absolute Gasteiger partial charge is 0.282 e. The first-order chi connectivity index (χ1) is 13.3. The van der Waals surface area contributed by atoms with Crippen LogP contribution >= 0.6 is 0 Å². The topological polar surface area (TPSA) is 69.1 Å². The second-order valence-corrected chi connectivity index (χ2v) is 6.79. The number of carbonyl (C=O) groups is 2. The number of likely N-dealkylation sites (N-methyl/N-ethyl adjacent to an activating group) is 1. The van der Waals surface area contributed by atoms with Crippen LogP contribution in [0, 0.1) is 0 Å². The summed E-state index contributed by atoms with van der Waals surface area (Å²) in [6.45, 7) is 6.54. The van der Waals surface area contributed by atoms with Crippen LogP contribution in [0.5, 0.6) is 11.5 Å². The van der Waals surface area contributed by atoms with E-state index in [4.69, 9.17) is 9.47 Å². The fraction of sp³-hybridized carbons (Fsp3) is 0.364. The van der Waals surface area contributed by atoms with Crippen LogP contribution in [0.15, 0.2) is 42.5 Å². The molecule has 2 aromatic carbocycles. The van der Waals surface area contributed by atoms with Crippen molar-refractivity contribution in [1.29, 1.82) is 0 Å². The van der Waals surface area contributed by atoms with Gasteiger partial charge < -0.3 is 19.7 Å². The number of ether oxygens (including phenoxy) is 2. The number of hydrogen-bond acceptors (Lipinski definition) is 4. The minimum atomic E-state index is -0.279. The van der Waals surface area contributed by atoms with E-state index in [0.717, 1.165) is 10.5 Å². The molecule has 1 amide bonds. The first-order valence-corrected chi connectivity index (χ1v) is 9.39. The normalized spacial score (nSPS) is 12.8. The molecule has 2 aromatic rings. The average molecular weight is 385 g/mol. The highest BCUT2D eigenvalue weighted by atomic mass is 16.5. The molecular weight excluding hydrogens is 356 g/mol. The third-order valence-corrected chi connectivity index (χ3v) is 4.68. The van der Waals surface area contributed by atoms with Gasteiger partial charge in [-0.05, 0) is 51.1 Å². The molecule has 0 bridgehead atoms. The van der Waals surface area contributed by atoms with Crippen LogP contribution in [0.3, 0.4) is 0 Å². The fourth-order valence-electron chi connectivity index (χ4n) is 2.86. The Morgan fingerprint density at radius 1 is 1.14 bits per heavy atom. The summed E-state index contributed by atoms with van der Waals surface area (Å²) in [5, 5.41) is 2.90. The summed E-state index contributed by atoms with van der Waals surface area (Å²) in [4.78, 5) is 25.2. The predicted octanol–water partition coefficient (Wildman–Crippen LogP) is 2.34. The third kappa shape index (κ3) is 5.57. The molecular formula is C22H29N2O4+. The average Bonchev–Trinajstić information content (AvgIpc) is 2.68. The highest BCUT2D eigenvalue weighted by Gasteiger charge is 2.22. The predicted molar refractivity (Wildman–Crippen MR) is 109 cm³/mol. The Morgan fingerprint density at radius 2 is 1.89 bits per heavy atom. The molecule has 0 spiro atoms. The molecule has 0 aliphatic heterocycles. The molecule has 0 saturated carbocycles. The van der Waals surface area contributed by atoms with Gasteiger partial charge in [0.25, 0.3) is 5.91 Å². The van der Waals surface area contributed by atoms with E-state index in [1.165, 1.54) is 6.92 Å². The van der Waals surface area contributed by atoms with Crippen molar-refractivity contribution in [2.75, 3.05) is 26.1 Å². The molecule has 28 heavy (non-hydrogen) atoms. The molecule has 0 aliphatic rings. The maximum Gasteiger partial charge on any atom is 0.282 e. The van der Waals surface area contributed by atoms with Gasteiger partial charge in [0.1, 0.15) is 6.54 Å². The zero-order chi connectivity index (χ0) is 20.7. The number of amides is 1. The van der Waals surface area contributed by atoms with E-state index in [0.29, 0.717) is 35.9 Å². The van der Waals surface area contributed by atoms with Gasteiger partial charge in [-0.2, -0.15) is 0 Å². The number of Topliss-reactive ketones (excluding diaryl/α,β-unsaturated/α-hetero) is 1. The monoisotopic (exact) mass is 385 g/mol. The molecule has 0 aromatic heterocycles. The Morgan fingerprint density at radius 3 is 2.54 bits per heavy atom. The lowest BCUT2D eigenvalue weighted by Crippen LogP contribution is -3.12. The lowest BCUT2D eigenvalue weighted by Gasteiger charge is -2.22. The van der Waals surface area contributed by atoms with Gasteiger partial charge in [-0.15, -0.1) is 0 Å². The Hall–Kier alpha value is -2.86. The van der Waals surface area contributed by atoms with Crippen LogP contribution in [-0.2, 0) is 11.3 Å². The van der Waals surface area contributed by atoms with Gasteiger partial charge >= 0.3 is 0 Å². The van der Waals surface area contributed by atoms with Crippen molar-refractivity contribution in [3.8, 4) is 11.5 Å². The largest absolute Gasteiger partial charge is 0.493 e. The number of methoxy groups -OCH3 is 1. The van der Waals surface area contributed by atoms with E-state index in [1.807, 2.05) is 39.1 Å². The number of benzene rings is 2. The summed E-state index contributed by atoms with van der Waals surface area (Å²) < 4.78 is 10.9. The van der Waals surface area contributed by atoms with Crippen molar-refractivity contribution in [2.45, 2.75) is 33.4 Å². The molecule has 6 nitrogen and oxygen atoms in total. The maximum absolute atomic E-state index is 12.6. The molecule has 0 radical (unpaired) electrons. The Labute approximate surface area is 166 Å². The molecule has 2 rings (SSSR count). The van der Waals surface area contributed by atoms with E-state index in [-0.39, 0.29) is 17.7 Å². The summed E-state index contributed by atoms with van der Waals surface area (Å²) in [5.41, 5.74) is 2.25. The van der Waals surface area contributed by atoms with Gasteiger partial charge in [0.2, 0.25) is 0 Å². The molecule has 0 heterocycles. The number of ketones is 1. The highest BCUT2D eigenvalue weighted by molar-refractivity contribution is 5.97. The van der Waals surface area contributed by atoms with Crippen molar-refractivity contribution in [1.82, 2.24) is 0 Å². The van der Waals surface area contributed by atoms with Crippen molar-refractivity contribution in [3.05, 3.63) is 53.6 Å².